The minimum absolute atomic E-state index is 0.0825. The Kier molecular flexibility index (Phi) is 10.7. The van der Waals surface area contributed by atoms with Crippen molar-refractivity contribution in [1.29, 1.82) is 0 Å². The van der Waals surface area contributed by atoms with E-state index < -0.39 is 0 Å². The molecule has 0 aromatic carbocycles. The molecule has 3 nitrogen and oxygen atoms in total. The lowest BCUT2D eigenvalue weighted by Gasteiger charge is -2.26. The molecule has 3 heteroatoms. The van der Waals surface area contributed by atoms with Gasteiger partial charge in [-0.2, -0.15) is 0 Å². The molecule has 1 aliphatic carbocycles. The number of carbonyl (C=O) groups is 1. The molecule has 1 atom stereocenters. The van der Waals surface area contributed by atoms with Crippen molar-refractivity contribution in [3.63, 3.8) is 0 Å². The smallest absolute Gasteiger partial charge is 0.303 e. The summed E-state index contributed by atoms with van der Waals surface area (Å²) in [6.07, 6.45) is 21.0. The molecule has 0 aromatic heterocycles. The van der Waals surface area contributed by atoms with Crippen LogP contribution in [0.3, 0.4) is 0 Å². The van der Waals surface area contributed by atoms with Crippen LogP contribution in [0.2, 0.25) is 0 Å². The van der Waals surface area contributed by atoms with Crippen LogP contribution in [0, 0.1) is 5.41 Å². The second kappa shape index (κ2) is 12.3. The van der Waals surface area contributed by atoms with E-state index in [0.717, 1.165) is 38.5 Å². The molecule has 24 heavy (non-hydrogen) atoms. The van der Waals surface area contributed by atoms with Gasteiger partial charge in [-0.05, 0) is 50.0 Å². The molecule has 0 heterocycles. The minimum atomic E-state index is -0.191. The van der Waals surface area contributed by atoms with Gasteiger partial charge in [0.2, 0.25) is 0 Å². The molecule has 0 saturated carbocycles. The third-order valence-corrected chi connectivity index (χ3v) is 4.87. The van der Waals surface area contributed by atoms with Crippen molar-refractivity contribution in [2.24, 2.45) is 5.41 Å². The van der Waals surface area contributed by atoms with Crippen LogP contribution in [0.1, 0.15) is 84.5 Å². The summed E-state index contributed by atoms with van der Waals surface area (Å²) >= 11 is 0. The van der Waals surface area contributed by atoms with Gasteiger partial charge in [0.05, 0.1) is 0 Å². The van der Waals surface area contributed by atoms with Crippen LogP contribution in [-0.2, 0) is 9.53 Å². The van der Waals surface area contributed by atoms with E-state index in [-0.39, 0.29) is 17.5 Å². The van der Waals surface area contributed by atoms with Crippen LogP contribution in [0.5, 0.6) is 0 Å². The first-order valence-corrected chi connectivity index (χ1v) is 9.74. The van der Waals surface area contributed by atoms with E-state index in [9.17, 15) is 4.79 Å². The molecular weight excluding hydrogens is 300 g/mol. The van der Waals surface area contributed by atoms with E-state index in [1.54, 1.807) is 0 Å². The highest BCUT2D eigenvalue weighted by Crippen LogP contribution is 2.40. The molecule has 1 N–H and O–H groups in total. The molecular formula is C21H36O3. The molecule has 1 rings (SSSR count). The quantitative estimate of drug-likeness (QED) is 0.281. The maximum atomic E-state index is 11.3. The standard InChI is InChI=1S/C21H36O3/c1-3-4-7-12-20(24-19(2)23)13-17-21(15-9-10-16-21)14-8-5-6-11-18-22/h9-10,13,17,20,22H,3-8,11-12,14-16,18H2,1-2H3. The second-order valence-corrected chi connectivity index (χ2v) is 7.13. The maximum absolute atomic E-state index is 11.3. The fourth-order valence-corrected chi connectivity index (χ4v) is 3.40. The third kappa shape index (κ3) is 8.68. The summed E-state index contributed by atoms with van der Waals surface area (Å²) in [5, 5.41) is 8.87. The van der Waals surface area contributed by atoms with E-state index in [2.05, 4.69) is 31.2 Å². The number of esters is 1. The topological polar surface area (TPSA) is 46.5 Å². The van der Waals surface area contributed by atoms with Gasteiger partial charge in [0.15, 0.2) is 0 Å². The van der Waals surface area contributed by atoms with Crippen molar-refractivity contribution in [1.82, 2.24) is 0 Å². The molecule has 0 saturated heterocycles. The van der Waals surface area contributed by atoms with Gasteiger partial charge < -0.3 is 9.84 Å². The summed E-state index contributed by atoms with van der Waals surface area (Å²) in [5.41, 5.74) is 0.211. The zero-order valence-corrected chi connectivity index (χ0v) is 15.6. The number of unbranched alkanes of at least 4 members (excludes halogenated alkanes) is 5. The first-order chi connectivity index (χ1) is 11.6. The van der Waals surface area contributed by atoms with Gasteiger partial charge in [-0.3, -0.25) is 4.79 Å². The van der Waals surface area contributed by atoms with Crippen molar-refractivity contribution in [3.8, 4) is 0 Å². The number of aliphatic hydroxyl groups excluding tert-OH is 1. The third-order valence-electron chi connectivity index (χ3n) is 4.87. The lowest BCUT2D eigenvalue weighted by Crippen LogP contribution is -2.18. The lowest BCUT2D eigenvalue weighted by atomic mass is 9.79. The summed E-state index contributed by atoms with van der Waals surface area (Å²) in [4.78, 5) is 11.3. The predicted octanol–water partition coefficient (Wildman–Crippen LogP) is 5.33. The Morgan fingerprint density at radius 1 is 1.17 bits per heavy atom. The second-order valence-electron chi connectivity index (χ2n) is 7.13. The highest BCUT2D eigenvalue weighted by atomic mass is 16.5. The molecule has 0 bridgehead atoms. The molecule has 0 fully saturated rings. The van der Waals surface area contributed by atoms with E-state index >= 15 is 0 Å². The van der Waals surface area contributed by atoms with Crippen molar-refractivity contribution >= 4 is 5.97 Å². The SMILES string of the molecule is CCCCCC(C=CC1(CCCCCCO)CC=CC1)OC(C)=O. The number of hydrogen-bond donors (Lipinski definition) is 1. The highest BCUT2D eigenvalue weighted by Gasteiger charge is 2.27. The number of allylic oxidation sites excluding steroid dienone is 3. The summed E-state index contributed by atoms with van der Waals surface area (Å²) in [6, 6.07) is 0. The van der Waals surface area contributed by atoms with Crippen LogP contribution in [-0.4, -0.2) is 23.8 Å². The Balaban J connectivity index is 2.54. The van der Waals surface area contributed by atoms with Gasteiger partial charge in [0.25, 0.3) is 0 Å². The summed E-state index contributed by atoms with van der Waals surface area (Å²) in [7, 11) is 0. The Hall–Kier alpha value is -1.09. The van der Waals surface area contributed by atoms with Crippen LogP contribution in [0.4, 0.5) is 0 Å². The van der Waals surface area contributed by atoms with Crippen LogP contribution >= 0.6 is 0 Å². The molecule has 0 aromatic rings. The molecule has 138 valence electrons. The molecule has 0 amide bonds. The van der Waals surface area contributed by atoms with Crippen molar-refractivity contribution in [2.45, 2.75) is 90.6 Å². The number of rotatable bonds is 13. The normalized spacial score (nSPS) is 17.5. The highest BCUT2D eigenvalue weighted by molar-refractivity contribution is 5.66. The van der Waals surface area contributed by atoms with Crippen LogP contribution in [0.15, 0.2) is 24.3 Å². The molecule has 0 aliphatic heterocycles. The lowest BCUT2D eigenvalue weighted by molar-refractivity contribution is -0.144. The van der Waals surface area contributed by atoms with E-state index in [1.807, 2.05) is 0 Å². The summed E-state index contributed by atoms with van der Waals surface area (Å²) < 4.78 is 5.49. The summed E-state index contributed by atoms with van der Waals surface area (Å²) in [5.74, 6) is -0.191. The van der Waals surface area contributed by atoms with Crippen molar-refractivity contribution < 1.29 is 14.6 Å². The number of aliphatic hydroxyl groups is 1. The van der Waals surface area contributed by atoms with E-state index in [0.29, 0.717) is 6.61 Å². The van der Waals surface area contributed by atoms with Gasteiger partial charge in [-0.1, -0.05) is 57.3 Å². The van der Waals surface area contributed by atoms with Crippen molar-refractivity contribution in [2.75, 3.05) is 6.61 Å². The van der Waals surface area contributed by atoms with Gasteiger partial charge in [-0.15, -0.1) is 0 Å². The molecule has 0 spiro atoms. The van der Waals surface area contributed by atoms with Crippen molar-refractivity contribution in [3.05, 3.63) is 24.3 Å². The zero-order valence-electron chi connectivity index (χ0n) is 15.6. The van der Waals surface area contributed by atoms with Gasteiger partial charge >= 0.3 is 5.97 Å². The maximum Gasteiger partial charge on any atom is 0.303 e. The molecule has 0 radical (unpaired) electrons. The monoisotopic (exact) mass is 336 g/mol. The molecule has 1 aliphatic rings. The average Bonchev–Trinajstić information content (AvgIpc) is 3.01. The van der Waals surface area contributed by atoms with Gasteiger partial charge in [0, 0.05) is 13.5 Å². The summed E-state index contributed by atoms with van der Waals surface area (Å²) in [6.45, 7) is 3.98. The first kappa shape index (κ1) is 21.0. The minimum Gasteiger partial charge on any atom is -0.458 e. The van der Waals surface area contributed by atoms with E-state index in [4.69, 9.17) is 9.84 Å². The van der Waals surface area contributed by atoms with Gasteiger partial charge in [-0.25, -0.2) is 0 Å². The zero-order chi connectivity index (χ0) is 17.7. The fourth-order valence-electron chi connectivity index (χ4n) is 3.40. The Morgan fingerprint density at radius 3 is 2.50 bits per heavy atom. The average molecular weight is 337 g/mol. The number of ether oxygens (including phenoxy) is 1. The number of carbonyl (C=O) groups excluding carboxylic acids is 1. The van der Waals surface area contributed by atoms with E-state index in [1.165, 1.54) is 39.0 Å². The fraction of sp³-hybridized carbons (Fsp3) is 0.762. The predicted molar refractivity (Wildman–Crippen MR) is 99.8 cm³/mol. The molecule has 1 unspecified atom stereocenters. The van der Waals surface area contributed by atoms with Crippen LogP contribution in [0.25, 0.3) is 0 Å². The Bertz CT molecular complexity index is 390. The largest absolute Gasteiger partial charge is 0.458 e. The van der Waals surface area contributed by atoms with Gasteiger partial charge in [0.1, 0.15) is 6.10 Å². The first-order valence-electron chi connectivity index (χ1n) is 9.74. The Morgan fingerprint density at radius 2 is 1.88 bits per heavy atom. The number of hydrogen-bond acceptors (Lipinski definition) is 3. The Labute approximate surface area is 148 Å². The van der Waals surface area contributed by atoms with Crippen LogP contribution < -0.4 is 0 Å².